The molecule has 0 saturated heterocycles. The van der Waals surface area contributed by atoms with E-state index in [1.54, 1.807) is 36.7 Å². The molecule has 6 nitrogen and oxygen atoms in total. The molecule has 2 rings (SSSR count). The summed E-state index contributed by atoms with van der Waals surface area (Å²) in [7, 11) is 0. The first-order valence-electron chi connectivity index (χ1n) is 6.91. The monoisotopic (exact) mass is 300 g/mol. The molecule has 0 amide bonds. The topological polar surface area (TPSA) is 78.4 Å². The van der Waals surface area contributed by atoms with Crippen LogP contribution in [-0.2, 0) is 9.47 Å². The van der Waals surface area contributed by atoms with Gasteiger partial charge in [0.15, 0.2) is 0 Å². The molecular formula is C16H16N2O4. The Morgan fingerprint density at radius 3 is 1.64 bits per heavy atom. The van der Waals surface area contributed by atoms with E-state index >= 15 is 0 Å². The van der Waals surface area contributed by atoms with Crippen LogP contribution in [0.25, 0.3) is 0 Å². The summed E-state index contributed by atoms with van der Waals surface area (Å²) < 4.78 is 10.2. The van der Waals surface area contributed by atoms with Crippen molar-refractivity contribution in [2.45, 2.75) is 12.8 Å². The summed E-state index contributed by atoms with van der Waals surface area (Å²) in [6, 6.07) is 6.64. The lowest BCUT2D eigenvalue weighted by Crippen LogP contribution is -2.09. The first kappa shape index (κ1) is 15.6. The van der Waals surface area contributed by atoms with Gasteiger partial charge in [-0.1, -0.05) is 0 Å². The third kappa shape index (κ3) is 4.97. The van der Waals surface area contributed by atoms with Crippen LogP contribution < -0.4 is 0 Å². The van der Waals surface area contributed by atoms with Crippen molar-refractivity contribution < 1.29 is 19.1 Å². The molecule has 114 valence electrons. The number of ether oxygens (including phenoxy) is 2. The Hall–Kier alpha value is -2.76. The summed E-state index contributed by atoms with van der Waals surface area (Å²) in [6.07, 6.45) is 7.33. The van der Waals surface area contributed by atoms with Gasteiger partial charge in [-0.3, -0.25) is 9.97 Å². The average Bonchev–Trinajstić information content (AvgIpc) is 2.59. The smallest absolute Gasteiger partial charge is 0.339 e. The summed E-state index contributed by atoms with van der Waals surface area (Å²) in [5.74, 6) is -0.805. The number of unbranched alkanes of at least 4 members (excludes halogenated alkanes) is 1. The SMILES string of the molecule is O=C(OCCCCOC(=O)c1cccnc1)c1cccnc1. The highest BCUT2D eigenvalue weighted by molar-refractivity contribution is 5.89. The van der Waals surface area contributed by atoms with Gasteiger partial charge in [-0.05, 0) is 37.1 Å². The highest BCUT2D eigenvalue weighted by atomic mass is 16.5. The highest BCUT2D eigenvalue weighted by Crippen LogP contribution is 2.02. The summed E-state index contributed by atoms with van der Waals surface area (Å²) in [5, 5.41) is 0. The van der Waals surface area contributed by atoms with Crippen LogP contribution in [0.2, 0.25) is 0 Å². The number of rotatable bonds is 7. The van der Waals surface area contributed by atoms with Gasteiger partial charge in [0.25, 0.3) is 0 Å². The van der Waals surface area contributed by atoms with E-state index in [0.717, 1.165) is 0 Å². The number of esters is 2. The molecule has 0 aromatic carbocycles. The fraction of sp³-hybridized carbons (Fsp3) is 0.250. The predicted octanol–water partition coefficient (Wildman–Crippen LogP) is 2.27. The first-order valence-corrected chi connectivity index (χ1v) is 6.91. The second kappa shape index (κ2) is 8.51. The molecule has 2 aromatic rings. The second-order valence-corrected chi connectivity index (χ2v) is 4.46. The minimum atomic E-state index is -0.402. The van der Waals surface area contributed by atoms with Crippen LogP contribution in [0.15, 0.2) is 49.1 Å². The molecule has 0 bridgehead atoms. The number of carbonyl (C=O) groups excluding carboxylic acids is 2. The molecule has 0 atom stereocenters. The zero-order valence-corrected chi connectivity index (χ0v) is 12.0. The third-order valence-electron chi connectivity index (χ3n) is 2.80. The number of pyridine rings is 2. The molecule has 0 N–H and O–H groups in total. The predicted molar refractivity (Wildman–Crippen MR) is 78.3 cm³/mol. The Kier molecular flexibility index (Phi) is 6.04. The van der Waals surface area contributed by atoms with E-state index in [4.69, 9.17) is 9.47 Å². The van der Waals surface area contributed by atoms with E-state index in [0.29, 0.717) is 24.0 Å². The lowest BCUT2D eigenvalue weighted by atomic mass is 10.3. The molecule has 0 aliphatic carbocycles. The standard InChI is InChI=1S/C16H16N2O4/c19-15(13-5-3-7-17-11-13)21-9-1-2-10-22-16(20)14-6-4-8-18-12-14/h3-8,11-12H,1-2,9-10H2. The quantitative estimate of drug-likeness (QED) is 0.576. The first-order chi connectivity index (χ1) is 10.8. The van der Waals surface area contributed by atoms with Gasteiger partial charge >= 0.3 is 11.9 Å². The van der Waals surface area contributed by atoms with Crippen molar-refractivity contribution in [3.63, 3.8) is 0 Å². The molecule has 0 saturated carbocycles. The van der Waals surface area contributed by atoms with E-state index in [-0.39, 0.29) is 13.2 Å². The summed E-state index contributed by atoms with van der Waals surface area (Å²) >= 11 is 0. The molecule has 0 aliphatic rings. The van der Waals surface area contributed by atoms with Crippen molar-refractivity contribution >= 4 is 11.9 Å². The fourth-order valence-corrected chi connectivity index (χ4v) is 1.67. The number of carbonyl (C=O) groups is 2. The van der Waals surface area contributed by atoms with E-state index in [1.165, 1.54) is 12.4 Å². The lowest BCUT2D eigenvalue weighted by molar-refractivity contribution is 0.0432. The highest BCUT2D eigenvalue weighted by Gasteiger charge is 2.07. The Labute approximate surface area is 128 Å². The fourth-order valence-electron chi connectivity index (χ4n) is 1.67. The van der Waals surface area contributed by atoms with Crippen molar-refractivity contribution in [1.29, 1.82) is 0 Å². The van der Waals surface area contributed by atoms with Gasteiger partial charge in [-0.25, -0.2) is 9.59 Å². The largest absolute Gasteiger partial charge is 0.462 e. The van der Waals surface area contributed by atoms with Crippen molar-refractivity contribution in [1.82, 2.24) is 9.97 Å². The van der Waals surface area contributed by atoms with Gasteiger partial charge in [-0.2, -0.15) is 0 Å². The zero-order valence-electron chi connectivity index (χ0n) is 12.0. The number of nitrogens with zero attached hydrogens (tertiary/aromatic N) is 2. The van der Waals surface area contributed by atoms with E-state index in [1.807, 2.05) is 0 Å². The molecule has 22 heavy (non-hydrogen) atoms. The molecule has 0 aliphatic heterocycles. The third-order valence-corrected chi connectivity index (χ3v) is 2.80. The van der Waals surface area contributed by atoms with Crippen molar-refractivity contribution in [3.05, 3.63) is 60.2 Å². The van der Waals surface area contributed by atoms with Crippen LogP contribution in [0, 0.1) is 0 Å². The Bertz CT molecular complexity index is 547. The van der Waals surface area contributed by atoms with Crippen LogP contribution in [0.1, 0.15) is 33.6 Å². The summed E-state index contributed by atoms with van der Waals surface area (Å²) in [6.45, 7) is 0.552. The Balaban J connectivity index is 1.58. The van der Waals surface area contributed by atoms with Crippen molar-refractivity contribution in [2.75, 3.05) is 13.2 Å². The normalized spacial score (nSPS) is 10.0. The van der Waals surface area contributed by atoms with Gasteiger partial charge in [0.2, 0.25) is 0 Å². The Morgan fingerprint density at radius 1 is 0.818 bits per heavy atom. The van der Waals surface area contributed by atoms with Gasteiger partial charge in [0, 0.05) is 24.8 Å². The molecule has 0 spiro atoms. The zero-order chi connectivity index (χ0) is 15.6. The molecule has 0 unspecified atom stereocenters. The van der Waals surface area contributed by atoms with Crippen molar-refractivity contribution in [2.24, 2.45) is 0 Å². The second-order valence-electron chi connectivity index (χ2n) is 4.46. The van der Waals surface area contributed by atoms with Crippen LogP contribution in [0.4, 0.5) is 0 Å². The molecular weight excluding hydrogens is 284 g/mol. The van der Waals surface area contributed by atoms with Crippen LogP contribution in [-0.4, -0.2) is 35.1 Å². The maximum Gasteiger partial charge on any atom is 0.339 e. The van der Waals surface area contributed by atoms with E-state index in [9.17, 15) is 9.59 Å². The maximum absolute atomic E-state index is 11.6. The van der Waals surface area contributed by atoms with Gasteiger partial charge in [0.05, 0.1) is 24.3 Å². The van der Waals surface area contributed by atoms with Crippen LogP contribution >= 0.6 is 0 Å². The Morgan fingerprint density at radius 2 is 1.27 bits per heavy atom. The van der Waals surface area contributed by atoms with Crippen LogP contribution in [0.5, 0.6) is 0 Å². The van der Waals surface area contributed by atoms with E-state index in [2.05, 4.69) is 9.97 Å². The molecule has 0 radical (unpaired) electrons. The van der Waals surface area contributed by atoms with Gasteiger partial charge in [0.1, 0.15) is 0 Å². The number of hydrogen-bond acceptors (Lipinski definition) is 6. The maximum atomic E-state index is 11.6. The number of hydrogen-bond donors (Lipinski definition) is 0. The minimum absolute atomic E-state index is 0.276. The van der Waals surface area contributed by atoms with Gasteiger partial charge in [-0.15, -0.1) is 0 Å². The molecule has 2 aromatic heterocycles. The van der Waals surface area contributed by atoms with Crippen molar-refractivity contribution in [3.8, 4) is 0 Å². The summed E-state index contributed by atoms with van der Waals surface area (Å²) in [5.41, 5.74) is 0.844. The summed E-state index contributed by atoms with van der Waals surface area (Å²) in [4.78, 5) is 30.9. The number of aromatic nitrogens is 2. The molecule has 0 fully saturated rings. The molecule has 2 heterocycles. The average molecular weight is 300 g/mol. The van der Waals surface area contributed by atoms with Crippen LogP contribution in [0.3, 0.4) is 0 Å². The minimum Gasteiger partial charge on any atom is -0.462 e. The lowest BCUT2D eigenvalue weighted by Gasteiger charge is -2.06. The van der Waals surface area contributed by atoms with Gasteiger partial charge < -0.3 is 9.47 Å². The van der Waals surface area contributed by atoms with E-state index < -0.39 is 11.9 Å². The molecule has 6 heteroatoms.